The van der Waals surface area contributed by atoms with Crippen molar-refractivity contribution in [3.05, 3.63) is 69.6 Å². The van der Waals surface area contributed by atoms with E-state index in [1.807, 2.05) is 6.07 Å². The molecule has 0 amide bonds. The van der Waals surface area contributed by atoms with Crippen molar-refractivity contribution in [3.63, 3.8) is 0 Å². The Morgan fingerprint density at radius 1 is 1.11 bits per heavy atom. The minimum absolute atomic E-state index is 0.142. The largest absolute Gasteiger partial charge is 0.483 e. The van der Waals surface area contributed by atoms with Gasteiger partial charge in [-0.15, -0.1) is 0 Å². The van der Waals surface area contributed by atoms with Crippen LogP contribution in [0.3, 0.4) is 0 Å². The molecule has 27 heavy (non-hydrogen) atoms. The van der Waals surface area contributed by atoms with E-state index in [-0.39, 0.29) is 11.9 Å². The molecule has 5 rings (SSSR count). The van der Waals surface area contributed by atoms with Crippen LogP contribution in [0.1, 0.15) is 36.5 Å². The summed E-state index contributed by atoms with van der Waals surface area (Å²) in [6.45, 7) is 0. The second-order valence-corrected chi connectivity index (χ2v) is 8.34. The van der Waals surface area contributed by atoms with Gasteiger partial charge in [-0.05, 0) is 59.9 Å². The Morgan fingerprint density at radius 2 is 1.96 bits per heavy atom. The monoisotopic (exact) mass is 401 g/mol. The van der Waals surface area contributed by atoms with Gasteiger partial charge in [0.2, 0.25) is 0 Å². The van der Waals surface area contributed by atoms with Crippen LogP contribution in [0, 0.1) is 17.7 Å². The average molecular weight is 402 g/mol. The molecule has 0 N–H and O–H groups in total. The fraction of sp³-hybridized carbons (Fsp3) is 0.318. The zero-order valence-electron chi connectivity index (χ0n) is 14.6. The number of ether oxygens (including phenoxy) is 1. The topological polar surface area (TPSA) is 22.1 Å². The third-order valence-electron chi connectivity index (χ3n) is 6.02. The molecule has 2 aliphatic rings. The Kier molecular flexibility index (Phi) is 4.25. The first kappa shape index (κ1) is 17.3. The fourth-order valence-corrected chi connectivity index (χ4v) is 5.03. The molecule has 2 aromatic carbocycles. The van der Waals surface area contributed by atoms with Crippen molar-refractivity contribution in [2.45, 2.75) is 31.8 Å². The van der Waals surface area contributed by atoms with Gasteiger partial charge in [0.1, 0.15) is 23.2 Å². The van der Waals surface area contributed by atoms with Gasteiger partial charge in [0.25, 0.3) is 0 Å². The highest BCUT2D eigenvalue weighted by Crippen LogP contribution is 2.51. The molecule has 0 bridgehead atoms. The van der Waals surface area contributed by atoms with Gasteiger partial charge in [-0.3, -0.25) is 4.98 Å². The molecule has 0 aliphatic heterocycles. The summed E-state index contributed by atoms with van der Waals surface area (Å²) in [5.74, 6) is 1.29. The number of hydrogen-bond donors (Lipinski definition) is 0. The summed E-state index contributed by atoms with van der Waals surface area (Å²) in [7, 11) is 0. The highest BCUT2D eigenvalue weighted by molar-refractivity contribution is 6.35. The average Bonchev–Trinajstić information content (AvgIpc) is 2.95. The van der Waals surface area contributed by atoms with Crippen LogP contribution in [0.5, 0.6) is 5.75 Å². The van der Waals surface area contributed by atoms with Crippen molar-refractivity contribution >= 4 is 34.1 Å². The third-order valence-corrected chi connectivity index (χ3v) is 6.57. The number of nitrogens with zero attached hydrogens (tertiary/aromatic N) is 1. The first-order valence-electron chi connectivity index (χ1n) is 9.29. The van der Waals surface area contributed by atoms with E-state index in [1.165, 1.54) is 25.3 Å². The Labute approximate surface area is 167 Å². The van der Waals surface area contributed by atoms with E-state index in [0.29, 0.717) is 38.5 Å². The highest BCUT2D eigenvalue weighted by Gasteiger charge is 2.42. The second kappa shape index (κ2) is 6.65. The van der Waals surface area contributed by atoms with Crippen molar-refractivity contribution in [2.24, 2.45) is 11.8 Å². The molecule has 2 atom stereocenters. The number of benzene rings is 2. The van der Waals surface area contributed by atoms with E-state index in [2.05, 4.69) is 4.98 Å². The molecule has 1 aromatic heterocycles. The normalized spacial score (nSPS) is 21.9. The molecule has 138 valence electrons. The van der Waals surface area contributed by atoms with Gasteiger partial charge in [-0.25, -0.2) is 4.39 Å². The molecular weight excluding hydrogens is 384 g/mol. The quantitative estimate of drug-likeness (QED) is 0.482. The minimum atomic E-state index is -0.293. The zero-order chi connectivity index (χ0) is 18.5. The van der Waals surface area contributed by atoms with E-state index in [4.69, 9.17) is 27.9 Å². The van der Waals surface area contributed by atoms with E-state index in [0.717, 1.165) is 17.5 Å². The molecule has 2 aliphatic carbocycles. The molecule has 0 spiro atoms. The summed E-state index contributed by atoms with van der Waals surface area (Å²) in [6.07, 6.45) is 6.11. The van der Waals surface area contributed by atoms with Crippen molar-refractivity contribution in [1.82, 2.24) is 4.98 Å². The number of halogens is 3. The molecule has 1 saturated carbocycles. The maximum absolute atomic E-state index is 14.2. The van der Waals surface area contributed by atoms with Crippen molar-refractivity contribution in [2.75, 3.05) is 0 Å². The van der Waals surface area contributed by atoms with E-state index < -0.39 is 0 Å². The van der Waals surface area contributed by atoms with Crippen LogP contribution in [0.4, 0.5) is 4.39 Å². The number of rotatable bonds is 3. The van der Waals surface area contributed by atoms with E-state index >= 15 is 0 Å². The number of aromatic nitrogens is 1. The summed E-state index contributed by atoms with van der Waals surface area (Å²) in [5.41, 5.74) is 2.73. The molecule has 5 heteroatoms. The van der Waals surface area contributed by atoms with Crippen LogP contribution in [-0.2, 0) is 6.42 Å². The predicted molar refractivity (Wildman–Crippen MR) is 106 cm³/mol. The maximum Gasteiger partial charge on any atom is 0.146 e. The summed E-state index contributed by atoms with van der Waals surface area (Å²) >= 11 is 12.8. The van der Waals surface area contributed by atoms with Crippen molar-refractivity contribution < 1.29 is 9.13 Å². The molecule has 0 saturated heterocycles. The smallest absolute Gasteiger partial charge is 0.146 e. The molecule has 3 aromatic rings. The molecule has 0 radical (unpaired) electrons. The summed E-state index contributed by atoms with van der Waals surface area (Å²) in [5, 5.41) is 1.79. The van der Waals surface area contributed by atoms with Gasteiger partial charge in [0, 0.05) is 27.5 Å². The van der Waals surface area contributed by atoms with E-state index in [1.54, 1.807) is 30.5 Å². The molecular formula is C22H18Cl2FNO. The first-order chi connectivity index (χ1) is 13.1. The standard InChI is InChI=1S/C22H18Cl2FNO/c23-13-9-17-16(18(24)10-13)11-15(12-3-1-4-12)22(17)27-20-7-6-19(25)14-5-2-8-26-21(14)20/h2,5-10,12,15,22H,1,3-4,11H2. The summed E-state index contributed by atoms with van der Waals surface area (Å²) < 4.78 is 20.7. The molecule has 2 unspecified atom stereocenters. The van der Waals surface area contributed by atoms with Crippen LogP contribution in [0.15, 0.2) is 42.6 Å². The molecule has 1 fully saturated rings. The zero-order valence-corrected chi connectivity index (χ0v) is 16.1. The number of pyridine rings is 1. The first-order valence-corrected chi connectivity index (χ1v) is 10.0. The Bertz CT molecular complexity index is 1030. The maximum atomic E-state index is 14.2. The van der Waals surface area contributed by atoms with Gasteiger partial charge in [0.05, 0.1) is 0 Å². The molecule has 2 nitrogen and oxygen atoms in total. The van der Waals surface area contributed by atoms with Gasteiger partial charge < -0.3 is 4.74 Å². The summed E-state index contributed by atoms with van der Waals surface area (Å²) in [4.78, 5) is 4.36. The van der Waals surface area contributed by atoms with Crippen LogP contribution in [0.25, 0.3) is 10.9 Å². The van der Waals surface area contributed by atoms with Gasteiger partial charge >= 0.3 is 0 Å². The van der Waals surface area contributed by atoms with Crippen LogP contribution in [0.2, 0.25) is 10.0 Å². The van der Waals surface area contributed by atoms with Gasteiger partial charge in [-0.2, -0.15) is 0 Å². The van der Waals surface area contributed by atoms with Crippen LogP contribution >= 0.6 is 23.2 Å². The van der Waals surface area contributed by atoms with Gasteiger partial charge in [-0.1, -0.05) is 42.5 Å². The van der Waals surface area contributed by atoms with Crippen molar-refractivity contribution in [1.29, 1.82) is 0 Å². The van der Waals surface area contributed by atoms with E-state index in [9.17, 15) is 4.39 Å². The Balaban J connectivity index is 1.60. The van der Waals surface area contributed by atoms with Crippen molar-refractivity contribution in [3.8, 4) is 5.75 Å². The SMILES string of the molecule is Fc1ccc(OC2c3cc(Cl)cc(Cl)c3CC2C2CCC2)c2ncccc12. The Hall–Kier alpha value is -1.84. The van der Waals surface area contributed by atoms with Crippen LogP contribution in [-0.4, -0.2) is 4.98 Å². The predicted octanol–water partition coefficient (Wildman–Crippen LogP) is 6.77. The van der Waals surface area contributed by atoms with Gasteiger partial charge in [0.15, 0.2) is 0 Å². The lowest BCUT2D eigenvalue weighted by Crippen LogP contribution is -2.28. The lowest BCUT2D eigenvalue weighted by molar-refractivity contribution is 0.0756. The Morgan fingerprint density at radius 3 is 2.74 bits per heavy atom. The highest BCUT2D eigenvalue weighted by atomic mass is 35.5. The summed E-state index contributed by atoms with van der Waals surface area (Å²) in [6, 6.07) is 10.3. The lowest BCUT2D eigenvalue weighted by Gasteiger charge is -2.35. The number of fused-ring (bicyclic) bond motifs is 2. The van der Waals surface area contributed by atoms with Crippen LogP contribution < -0.4 is 4.74 Å². The second-order valence-electron chi connectivity index (χ2n) is 7.50. The third kappa shape index (κ3) is 2.88. The fourth-order valence-electron chi connectivity index (χ4n) is 4.44. The molecule has 1 heterocycles. The minimum Gasteiger partial charge on any atom is -0.483 e. The lowest BCUT2D eigenvalue weighted by atomic mass is 9.73. The number of hydrogen-bond acceptors (Lipinski definition) is 2.